The van der Waals surface area contributed by atoms with Crippen LogP contribution < -0.4 is 11.3 Å². The SMILES string of the molecule is CCN(CC(F)(F)F)C(=O)c1cccc(NN)n1. The summed E-state index contributed by atoms with van der Waals surface area (Å²) in [4.78, 5) is 16.3. The fraction of sp³-hybridized carbons (Fsp3) is 0.400. The quantitative estimate of drug-likeness (QED) is 0.635. The minimum atomic E-state index is -4.44. The van der Waals surface area contributed by atoms with Gasteiger partial charge >= 0.3 is 6.18 Å². The van der Waals surface area contributed by atoms with Crippen molar-refractivity contribution in [3.05, 3.63) is 23.9 Å². The Bertz CT molecular complexity index is 422. The van der Waals surface area contributed by atoms with Crippen molar-refractivity contribution in [1.29, 1.82) is 0 Å². The fourth-order valence-corrected chi connectivity index (χ4v) is 1.34. The van der Waals surface area contributed by atoms with Gasteiger partial charge < -0.3 is 10.3 Å². The molecular formula is C10H13F3N4O. The van der Waals surface area contributed by atoms with E-state index < -0.39 is 18.6 Å². The molecule has 5 nitrogen and oxygen atoms in total. The van der Waals surface area contributed by atoms with Gasteiger partial charge in [-0.25, -0.2) is 10.8 Å². The minimum absolute atomic E-state index is 0.0553. The maximum Gasteiger partial charge on any atom is 0.406 e. The Labute approximate surface area is 102 Å². The molecule has 0 atom stereocenters. The van der Waals surface area contributed by atoms with Crippen LogP contribution in [-0.2, 0) is 0 Å². The summed E-state index contributed by atoms with van der Waals surface area (Å²) >= 11 is 0. The van der Waals surface area contributed by atoms with Crippen molar-refractivity contribution in [2.75, 3.05) is 18.5 Å². The van der Waals surface area contributed by atoms with Gasteiger partial charge in [-0.15, -0.1) is 0 Å². The van der Waals surface area contributed by atoms with Crippen molar-refractivity contribution in [2.45, 2.75) is 13.1 Å². The molecule has 1 heterocycles. The maximum absolute atomic E-state index is 12.3. The number of nitrogens with one attached hydrogen (secondary N) is 1. The lowest BCUT2D eigenvalue weighted by Gasteiger charge is -2.21. The van der Waals surface area contributed by atoms with E-state index in [1.165, 1.54) is 25.1 Å². The third kappa shape index (κ3) is 3.88. The maximum atomic E-state index is 12.3. The van der Waals surface area contributed by atoms with E-state index in [1.54, 1.807) is 0 Å². The van der Waals surface area contributed by atoms with Crippen LogP contribution in [0.4, 0.5) is 19.0 Å². The number of nitrogen functional groups attached to an aromatic ring is 1. The highest BCUT2D eigenvalue weighted by atomic mass is 19.4. The molecule has 0 saturated heterocycles. The first-order valence-electron chi connectivity index (χ1n) is 5.17. The van der Waals surface area contributed by atoms with Crippen LogP contribution >= 0.6 is 0 Å². The standard InChI is InChI=1S/C10H13F3N4O/c1-2-17(6-10(11,12)13)9(18)7-4-3-5-8(15-7)16-14/h3-5H,2,6,14H2,1H3,(H,15,16). The zero-order valence-corrected chi connectivity index (χ0v) is 9.66. The molecular weight excluding hydrogens is 249 g/mol. The fourth-order valence-electron chi connectivity index (χ4n) is 1.34. The Balaban J connectivity index is 2.89. The van der Waals surface area contributed by atoms with Crippen LogP contribution in [0, 0.1) is 0 Å². The largest absolute Gasteiger partial charge is 0.406 e. The number of hydrogen-bond donors (Lipinski definition) is 2. The molecule has 0 aliphatic heterocycles. The van der Waals surface area contributed by atoms with Crippen molar-refractivity contribution in [1.82, 2.24) is 9.88 Å². The molecule has 0 fully saturated rings. The molecule has 3 N–H and O–H groups in total. The van der Waals surface area contributed by atoms with Crippen molar-refractivity contribution in [3.8, 4) is 0 Å². The van der Waals surface area contributed by atoms with Crippen LogP contribution in [0.5, 0.6) is 0 Å². The van der Waals surface area contributed by atoms with Crippen LogP contribution in [0.15, 0.2) is 18.2 Å². The first-order chi connectivity index (χ1) is 8.37. The second-order valence-electron chi connectivity index (χ2n) is 3.49. The van der Waals surface area contributed by atoms with E-state index >= 15 is 0 Å². The summed E-state index contributed by atoms with van der Waals surface area (Å²) < 4.78 is 36.8. The number of carbonyl (C=O) groups is 1. The van der Waals surface area contributed by atoms with Gasteiger partial charge in [-0.3, -0.25) is 4.79 Å². The molecule has 100 valence electrons. The molecule has 0 unspecified atom stereocenters. The predicted octanol–water partition coefficient (Wildman–Crippen LogP) is 1.39. The molecule has 0 aliphatic carbocycles. The number of amides is 1. The molecule has 1 aromatic heterocycles. The minimum Gasteiger partial charge on any atom is -0.328 e. The van der Waals surface area contributed by atoms with E-state index in [1.807, 2.05) is 0 Å². The number of nitrogens with zero attached hydrogens (tertiary/aromatic N) is 2. The summed E-state index contributed by atoms with van der Waals surface area (Å²) in [6.07, 6.45) is -4.44. The van der Waals surface area contributed by atoms with E-state index in [-0.39, 0.29) is 18.1 Å². The average molecular weight is 262 g/mol. The molecule has 0 saturated carbocycles. The van der Waals surface area contributed by atoms with Crippen LogP contribution in [0.2, 0.25) is 0 Å². The first kappa shape index (κ1) is 14.2. The van der Waals surface area contributed by atoms with E-state index in [0.717, 1.165) is 0 Å². The highest BCUT2D eigenvalue weighted by molar-refractivity contribution is 5.92. The summed E-state index contributed by atoms with van der Waals surface area (Å²) in [6.45, 7) is 0.110. The lowest BCUT2D eigenvalue weighted by Crippen LogP contribution is -2.39. The zero-order chi connectivity index (χ0) is 13.8. The molecule has 1 aromatic rings. The van der Waals surface area contributed by atoms with Crippen molar-refractivity contribution in [2.24, 2.45) is 5.84 Å². The van der Waals surface area contributed by atoms with Crippen LogP contribution in [0.3, 0.4) is 0 Å². The lowest BCUT2D eigenvalue weighted by atomic mass is 10.3. The van der Waals surface area contributed by atoms with E-state index in [9.17, 15) is 18.0 Å². The highest BCUT2D eigenvalue weighted by Gasteiger charge is 2.32. The van der Waals surface area contributed by atoms with E-state index in [0.29, 0.717) is 4.90 Å². The van der Waals surface area contributed by atoms with Gasteiger partial charge in [-0.1, -0.05) is 6.07 Å². The molecule has 0 spiro atoms. The van der Waals surface area contributed by atoms with Gasteiger partial charge in [0.15, 0.2) is 0 Å². The van der Waals surface area contributed by atoms with Gasteiger partial charge in [0.25, 0.3) is 5.91 Å². The van der Waals surface area contributed by atoms with Gasteiger partial charge in [0.05, 0.1) is 0 Å². The molecule has 1 amide bonds. The summed E-state index contributed by atoms with van der Waals surface area (Å²) in [5.74, 6) is 4.54. The zero-order valence-electron chi connectivity index (χ0n) is 9.66. The summed E-state index contributed by atoms with van der Waals surface area (Å²) in [6, 6.07) is 4.32. The molecule has 18 heavy (non-hydrogen) atoms. The van der Waals surface area contributed by atoms with Gasteiger partial charge in [-0.2, -0.15) is 13.2 Å². The summed E-state index contributed by atoms with van der Waals surface area (Å²) in [5, 5.41) is 0. The molecule has 0 aliphatic rings. The van der Waals surface area contributed by atoms with Crippen molar-refractivity contribution < 1.29 is 18.0 Å². The number of rotatable bonds is 4. The van der Waals surface area contributed by atoms with Crippen LogP contribution in [0.25, 0.3) is 0 Å². The van der Waals surface area contributed by atoms with Crippen molar-refractivity contribution in [3.63, 3.8) is 0 Å². The Morgan fingerprint density at radius 3 is 2.67 bits per heavy atom. The Morgan fingerprint density at radius 2 is 2.17 bits per heavy atom. The predicted molar refractivity (Wildman–Crippen MR) is 59.7 cm³/mol. The number of anilines is 1. The van der Waals surface area contributed by atoms with Crippen molar-refractivity contribution >= 4 is 11.7 Å². The van der Waals surface area contributed by atoms with Gasteiger partial charge in [0.2, 0.25) is 0 Å². The monoisotopic (exact) mass is 262 g/mol. The third-order valence-electron chi connectivity index (χ3n) is 2.16. The second kappa shape index (κ2) is 5.67. The number of hydrazine groups is 1. The topological polar surface area (TPSA) is 71.2 Å². The first-order valence-corrected chi connectivity index (χ1v) is 5.17. The van der Waals surface area contributed by atoms with Gasteiger partial charge in [-0.05, 0) is 19.1 Å². The van der Waals surface area contributed by atoms with E-state index in [2.05, 4.69) is 10.4 Å². The van der Waals surface area contributed by atoms with Gasteiger partial charge in [0.1, 0.15) is 18.1 Å². The number of alkyl halides is 3. The average Bonchev–Trinajstić information content (AvgIpc) is 2.34. The molecule has 0 aromatic carbocycles. The number of halogens is 3. The lowest BCUT2D eigenvalue weighted by molar-refractivity contribution is -0.140. The number of aromatic nitrogens is 1. The van der Waals surface area contributed by atoms with E-state index in [4.69, 9.17) is 5.84 Å². The molecule has 0 bridgehead atoms. The summed E-state index contributed by atoms with van der Waals surface area (Å²) in [5.41, 5.74) is 2.14. The second-order valence-corrected chi connectivity index (χ2v) is 3.49. The Kier molecular flexibility index (Phi) is 4.49. The number of pyridine rings is 1. The molecule has 1 rings (SSSR count). The Hall–Kier alpha value is -1.83. The van der Waals surface area contributed by atoms with Crippen LogP contribution in [0.1, 0.15) is 17.4 Å². The number of nitrogens with two attached hydrogens (primary N) is 1. The third-order valence-corrected chi connectivity index (χ3v) is 2.16. The summed E-state index contributed by atoms with van der Waals surface area (Å²) in [7, 11) is 0. The normalized spacial score (nSPS) is 11.2. The highest BCUT2D eigenvalue weighted by Crippen LogP contribution is 2.17. The molecule has 8 heteroatoms. The number of carbonyl (C=O) groups excluding carboxylic acids is 1. The number of hydrogen-bond acceptors (Lipinski definition) is 4. The smallest absolute Gasteiger partial charge is 0.328 e. The Morgan fingerprint density at radius 1 is 1.50 bits per heavy atom. The van der Waals surface area contributed by atoms with Gasteiger partial charge in [0, 0.05) is 6.54 Å². The van der Waals surface area contributed by atoms with Crippen LogP contribution in [-0.4, -0.2) is 35.1 Å². The molecule has 0 radical (unpaired) electrons.